The summed E-state index contributed by atoms with van der Waals surface area (Å²) in [7, 11) is 0. The molecule has 0 aliphatic rings. The van der Waals surface area contributed by atoms with E-state index in [2.05, 4.69) is 5.32 Å². The summed E-state index contributed by atoms with van der Waals surface area (Å²) in [6.07, 6.45) is 1.87. The van der Waals surface area contributed by atoms with Gasteiger partial charge in [0, 0.05) is 12.3 Å². The number of hydrogen-bond acceptors (Lipinski definition) is 3. The minimum atomic E-state index is -0.986. The second kappa shape index (κ2) is 6.02. The van der Waals surface area contributed by atoms with Gasteiger partial charge in [0.1, 0.15) is 5.82 Å². The standard InChI is InChI=1S/C12H16FNO2S/c1-12(16,8-17-2)7-14-11(15)9-5-3-4-6-10(9)13/h3-6,16H,7-8H2,1-2H3,(H,14,15). The first-order valence-corrected chi connectivity index (χ1v) is 6.60. The summed E-state index contributed by atoms with van der Waals surface area (Å²) < 4.78 is 13.3. The molecule has 0 spiro atoms. The number of amides is 1. The van der Waals surface area contributed by atoms with Crippen LogP contribution >= 0.6 is 11.8 Å². The Balaban J connectivity index is 2.59. The SMILES string of the molecule is CSCC(C)(O)CNC(=O)c1ccccc1F. The monoisotopic (exact) mass is 257 g/mol. The van der Waals surface area contributed by atoms with Crippen molar-refractivity contribution >= 4 is 17.7 Å². The van der Waals surface area contributed by atoms with Crippen LogP contribution in [0.4, 0.5) is 4.39 Å². The van der Waals surface area contributed by atoms with E-state index in [1.54, 1.807) is 13.0 Å². The molecule has 2 N–H and O–H groups in total. The first-order chi connectivity index (χ1) is 7.96. The molecular formula is C12H16FNO2S. The molecule has 1 aromatic carbocycles. The Hall–Kier alpha value is -1.07. The van der Waals surface area contributed by atoms with Crippen LogP contribution in [0, 0.1) is 5.82 Å². The smallest absolute Gasteiger partial charge is 0.254 e. The number of nitrogens with one attached hydrogen (secondary N) is 1. The fourth-order valence-corrected chi connectivity index (χ4v) is 2.10. The average Bonchev–Trinajstić information content (AvgIpc) is 2.27. The minimum absolute atomic E-state index is 0.00699. The molecule has 0 radical (unpaired) electrons. The third kappa shape index (κ3) is 4.36. The molecule has 0 saturated carbocycles. The van der Waals surface area contributed by atoms with Gasteiger partial charge in [0.25, 0.3) is 5.91 Å². The number of aliphatic hydroxyl groups is 1. The third-order valence-corrected chi connectivity index (χ3v) is 3.11. The molecule has 1 amide bonds. The van der Waals surface area contributed by atoms with Crippen molar-refractivity contribution in [1.82, 2.24) is 5.32 Å². The van der Waals surface area contributed by atoms with Crippen molar-refractivity contribution in [2.24, 2.45) is 0 Å². The van der Waals surface area contributed by atoms with Crippen molar-refractivity contribution in [1.29, 1.82) is 0 Å². The van der Waals surface area contributed by atoms with E-state index in [0.717, 1.165) is 0 Å². The van der Waals surface area contributed by atoms with Crippen LogP contribution in [0.15, 0.2) is 24.3 Å². The van der Waals surface area contributed by atoms with Crippen molar-refractivity contribution in [3.8, 4) is 0 Å². The average molecular weight is 257 g/mol. The Morgan fingerprint density at radius 2 is 2.18 bits per heavy atom. The lowest BCUT2D eigenvalue weighted by Gasteiger charge is -2.22. The summed E-state index contributed by atoms with van der Waals surface area (Å²) in [6.45, 7) is 1.73. The maximum absolute atomic E-state index is 13.3. The summed E-state index contributed by atoms with van der Waals surface area (Å²) in [5.74, 6) is -0.566. The van der Waals surface area contributed by atoms with Gasteiger partial charge in [-0.2, -0.15) is 11.8 Å². The number of benzene rings is 1. The van der Waals surface area contributed by atoms with Crippen molar-refractivity contribution in [3.63, 3.8) is 0 Å². The molecule has 1 aromatic rings. The Kier molecular flexibility index (Phi) is 4.96. The van der Waals surface area contributed by atoms with E-state index in [1.807, 2.05) is 6.26 Å². The zero-order chi connectivity index (χ0) is 12.9. The lowest BCUT2D eigenvalue weighted by molar-refractivity contribution is 0.0722. The molecule has 17 heavy (non-hydrogen) atoms. The highest BCUT2D eigenvalue weighted by Crippen LogP contribution is 2.10. The van der Waals surface area contributed by atoms with Crippen LogP contribution < -0.4 is 5.32 Å². The lowest BCUT2D eigenvalue weighted by Crippen LogP contribution is -2.42. The van der Waals surface area contributed by atoms with Gasteiger partial charge < -0.3 is 10.4 Å². The van der Waals surface area contributed by atoms with Gasteiger partial charge in [-0.3, -0.25) is 4.79 Å². The molecule has 0 heterocycles. The van der Waals surface area contributed by atoms with Crippen LogP contribution in [0.2, 0.25) is 0 Å². The Morgan fingerprint density at radius 3 is 2.76 bits per heavy atom. The van der Waals surface area contributed by atoms with Crippen molar-refractivity contribution in [2.75, 3.05) is 18.6 Å². The molecule has 0 fully saturated rings. The largest absolute Gasteiger partial charge is 0.387 e. The highest BCUT2D eigenvalue weighted by molar-refractivity contribution is 7.98. The topological polar surface area (TPSA) is 49.3 Å². The molecule has 5 heteroatoms. The van der Waals surface area contributed by atoms with Gasteiger partial charge in [0.2, 0.25) is 0 Å². The van der Waals surface area contributed by atoms with Crippen molar-refractivity contribution in [3.05, 3.63) is 35.6 Å². The molecule has 0 bridgehead atoms. The fraction of sp³-hybridized carbons (Fsp3) is 0.417. The molecule has 0 saturated heterocycles. The molecule has 0 aliphatic heterocycles. The van der Waals surface area contributed by atoms with Crippen LogP contribution in [0.5, 0.6) is 0 Å². The van der Waals surface area contributed by atoms with Crippen LogP contribution in [-0.2, 0) is 0 Å². The highest BCUT2D eigenvalue weighted by Gasteiger charge is 2.21. The molecule has 0 aromatic heterocycles. The maximum atomic E-state index is 13.3. The Labute approximate surface area is 104 Å². The summed E-state index contributed by atoms with van der Waals surface area (Å²) in [6, 6.07) is 5.76. The Bertz CT molecular complexity index is 396. The zero-order valence-electron chi connectivity index (χ0n) is 9.87. The van der Waals surface area contributed by atoms with E-state index in [4.69, 9.17) is 0 Å². The van der Waals surface area contributed by atoms with E-state index in [9.17, 15) is 14.3 Å². The van der Waals surface area contributed by atoms with Gasteiger partial charge in [-0.1, -0.05) is 12.1 Å². The maximum Gasteiger partial charge on any atom is 0.254 e. The second-order valence-corrected chi connectivity index (χ2v) is 4.96. The lowest BCUT2D eigenvalue weighted by atomic mass is 10.1. The molecule has 1 rings (SSSR count). The van der Waals surface area contributed by atoms with E-state index >= 15 is 0 Å². The van der Waals surface area contributed by atoms with Gasteiger partial charge in [0.05, 0.1) is 11.2 Å². The normalized spacial score (nSPS) is 14.1. The number of carbonyl (C=O) groups is 1. The summed E-state index contributed by atoms with van der Waals surface area (Å²) in [4.78, 5) is 11.6. The third-order valence-electron chi connectivity index (χ3n) is 2.20. The van der Waals surface area contributed by atoms with Gasteiger partial charge in [-0.05, 0) is 25.3 Å². The van der Waals surface area contributed by atoms with Gasteiger partial charge >= 0.3 is 0 Å². The molecule has 0 aliphatic carbocycles. The number of carbonyl (C=O) groups excluding carboxylic acids is 1. The van der Waals surface area contributed by atoms with Crippen molar-refractivity contribution < 1.29 is 14.3 Å². The zero-order valence-corrected chi connectivity index (χ0v) is 10.7. The first-order valence-electron chi connectivity index (χ1n) is 5.20. The summed E-state index contributed by atoms with van der Waals surface area (Å²) in [5.41, 5.74) is -0.993. The summed E-state index contributed by atoms with van der Waals surface area (Å²) in [5, 5.41) is 12.4. The molecule has 1 atom stereocenters. The molecule has 94 valence electrons. The predicted molar refractivity (Wildman–Crippen MR) is 67.7 cm³/mol. The number of rotatable bonds is 5. The van der Waals surface area contributed by atoms with E-state index in [-0.39, 0.29) is 12.1 Å². The van der Waals surface area contributed by atoms with Gasteiger partial charge in [-0.25, -0.2) is 4.39 Å². The molecule has 3 nitrogen and oxygen atoms in total. The number of thioether (sulfide) groups is 1. The molecular weight excluding hydrogens is 241 g/mol. The summed E-state index contributed by atoms with van der Waals surface area (Å²) >= 11 is 1.48. The van der Waals surface area contributed by atoms with Crippen LogP contribution in [0.1, 0.15) is 17.3 Å². The van der Waals surface area contributed by atoms with Gasteiger partial charge in [-0.15, -0.1) is 0 Å². The quantitative estimate of drug-likeness (QED) is 0.843. The Morgan fingerprint density at radius 1 is 1.53 bits per heavy atom. The highest BCUT2D eigenvalue weighted by atomic mass is 32.2. The van der Waals surface area contributed by atoms with E-state index < -0.39 is 17.3 Å². The molecule has 1 unspecified atom stereocenters. The van der Waals surface area contributed by atoms with Gasteiger partial charge in [0.15, 0.2) is 0 Å². The fourth-order valence-electron chi connectivity index (χ4n) is 1.37. The van der Waals surface area contributed by atoms with Crippen LogP contribution in [0.3, 0.4) is 0 Å². The minimum Gasteiger partial charge on any atom is -0.387 e. The van der Waals surface area contributed by atoms with E-state index in [1.165, 1.54) is 30.0 Å². The second-order valence-electron chi connectivity index (χ2n) is 4.09. The van der Waals surface area contributed by atoms with Crippen LogP contribution in [0.25, 0.3) is 0 Å². The predicted octanol–water partition coefficient (Wildman–Crippen LogP) is 1.67. The first kappa shape index (κ1) is 14.0. The van der Waals surface area contributed by atoms with E-state index in [0.29, 0.717) is 5.75 Å². The number of hydrogen-bond donors (Lipinski definition) is 2. The number of halogens is 1. The van der Waals surface area contributed by atoms with Crippen molar-refractivity contribution in [2.45, 2.75) is 12.5 Å². The van der Waals surface area contributed by atoms with Crippen LogP contribution in [-0.4, -0.2) is 35.2 Å².